The van der Waals surface area contributed by atoms with Gasteiger partial charge in [-0.1, -0.05) is 0 Å². The molecular formula is C12H12F3NO2. The summed E-state index contributed by atoms with van der Waals surface area (Å²) in [5, 5.41) is 11.6. The van der Waals surface area contributed by atoms with Crippen LogP contribution in [0.25, 0.3) is 0 Å². The Morgan fingerprint density at radius 3 is 2.56 bits per heavy atom. The van der Waals surface area contributed by atoms with Crippen LogP contribution in [0.3, 0.4) is 0 Å². The summed E-state index contributed by atoms with van der Waals surface area (Å²) < 4.78 is 41.0. The highest BCUT2D eigenvalue weighted by atomic mass is 19.2. The maximum atomic E-state index is 13.9. The number of carbonyl (C=O) groups is 1. The highest BCUT2D eigenvalue weighted by molar-refractivity contribution is 5.88. The number of carboxylic acid groups (broad SMARTS) is 1. The van der Waals surface area contributed by atoms with E-state index in [4.69, 9.17) is 5.11 Å². The summed E-state index contributed by atoms with van der Waals surface area (Å²) in [4.78, 5) is 10.6. The highest BCUT2D eigenvalue weighted by Crippen LogP contribution is 2.34. The topological polar surface area (TPSA) is 49.3 Å². The average molecular weight is 259 g/mol. The Morgan fingerprint density at radius 2 is 2.06 bits per heavy atom. The number of hydrogen-bond donors (Lipinski definition) is 2. The lowest BCUT2D eigenvalue weighted by atomic mass is 9.89. The smallest absolute Gasteiger partial charge is 0.341 e. The van der Waals surface area contributed by atoms with Gasteiger partial charge >= 0.3 is 5.97 Å². The van der Waals surface area contributed by atoms with Crippen molar-refractivity contribution in [1.82, 2.24) is 5.32 Å². The van der Waals surface area contributed by atoms with E-state index in [2.05, 4.69) is 5.32 Å². The first-order valence-corrected chi connectivity index (χ1v) is 5.53. The Kier molecular flexibility index (Phi) is 3.06. The van der Waals surface area contributed by atoms with E-state index in [0.717, 1.165) is 12.5 Å². The van der Waals surface area contributed by atoms with Crippen molar-refractivity contribution in [2.45, 2.75) is 25.3 Å². The molecule has 0 radical (unpaired) electrons. The van der Waals surface area contributed by atoms with E-state index in [0.29, 0.717) is 13.0 Å². The summed E-state index contributed by atoms with van der Waals surface area (Å²) in [6.45, 7) is 2.26. The van der Waals surface area contributed by atoms with Crippen LogP contribution in [0.5, 0.6) is 0 Å². The Hall–Kier alpha value is -1.56. The van der Waals surface area contributed by atoms with Crippen molar-refractivity contribution in [1.29, 1.82) is 0 Å². The first-order chi connectivity index (χ1) is 8.37. The summed E-state index contributed by atoms with van der Waals surface area (Å²) in [6.07, 6.45) is 1.30. The van der Waals surface area contributed by atoms with E-state index >= 15 is 0 Å². The number of carboxylic acids is 1. The molecule has 1 saturated heterocycles. The molecule has 0 amide bonds. The fourth-order valence-corrected chi connectivity index (χ4v) is 2.32. The molecule has 1 aromatic carbocycles. The van der Waals surface area contributed by atoms with Gasteiger partial charge in [-0.2, -0.15) is 0 Å². The van der Waals surface area contributed by atoms with Gasteiger partial charge in [0.25, 0.3) is 0 Å². The van der Waals surface area contributed by atoms with Gasteiger partial charge in [0.15, 0.2) is 11.6 Å². The minimum Gasteiger partial charge on any atom is -0.477 e. The quantitative estimate of drug-likeness (QED) is 0.802. The Bertz CT molecular complexity index is 511. The van der Waals surface area contributed by atoms with Crippen molar-refractivity contribution in [3.05, 3.63) is 34.6 Å². The van der Waals surface area contributed by atoms with Crippen molar-refractivity contribution in [3.8, 4) is 0 Å². The molecule has 6 heteroatoms. The van der Waals surface area contributed by atoms with E-state index in [-0.39, 0.29) is 5.56 Å². The zero-order chi connectivity index (χ0) is 13.5. The monoisotopic (exact) mass is 259 g/mol. The highest BCUT2D eigenvalue weighted by Gasteiger charge is 2.36. The van der Waals surface area contributed by atoms with E-state index in [1.165, 1.54) is 0 Å². The van der Waals surface area contributed by atoms with Gasteiger partial charge in [-0.3, -0.25) is 0 Å². The second-order valence-electron chi connectivity index (χ2n) is 4.58. The van der Waals surface area contributed by atoms with Crippen LogP contribution in [-0.2, 0) is 5.54 Å². The molecule has 2 rings (SSSR count). The number of nitrogens with one attached hydrogen (secondary N) is 1. The molecule has 0 saturated carbocycles. The van der Waals surface area contributed by atoms with E-state index in [1.807, 2.05) is 0 Å². The summed E-state index contributed by atoms with van der Waals surface area (Å²) >= 11 is 0. The third kappa shape index (κ3) is 1.86. The van der Waals surface area contributed by atoms with Crippen LogP contribution in [0.4, 0.5) is 13.2 Å². The van der Waals surface area contributed by atoms with Crippen molar-refractivity contribution < 1.29 is 23.1 Å². The predicted molar refractivity (Wildman–Crippen MR) is 57.9 cm³/mol. The van der Waals surface area contributed by atoms with Crippen molar-refractivity contribution in [2.24, 2.45) is 0 Å². The largest absolute Gasteiger partial charge is 0.477 e. The minimum absolute atomic E-state index is 0.167. The standard InChI is InChI=1S/C12H12F3NO2/c1-12(3-2-4-16-12)6-5-7(13)8(11(17)18)10(15)9(6)14/h5,16H,2-4H2,1H3,(H,17,18). The maximum absolute atomic E-state index is 13.9. The molecule has 1 aliphatic heterocycles. The van der Waals surface area contributed by atoms with Crippen LogP contribution in [0.15, 0.2) is 6.07 Å². The lowest BCUT2D eigenvalue weighted by Crippen LogP contribution is -2.35. The molecule has 1 atom stereocenters. The molecule has 98 valence electrons. The Labute approximate surface area is 102 Å². The van der Waals surface area contributed by atoms with Gasteiger partial charge in [-0.25, -0.2) is 18.0 Å². The molecule has 0 bridgehead atoms. The molecule has 1 heterocycles. The number of aromatic carboxylic acids is 1. The van der Waals surface area contributed by atoms with Gasteiger partial charge in [-0.05, 0) is 32.4 Å². The Morgan fingerprint density at radius 1 is 1.39 bits per heavy atom. The third-order valence-electron chi connectivity index (χ3n) is 3.34. The number of benzene rings is 1. The van der Waals surface area contributed by atoms with Crippen molar-refractivity contribution >= 4 is 5.97 Å². The first kappa shape index (κ1) is 12.9. The molecular weight excluding hydrogens is 247 g/mol. The SMILES string of the molecule is CC1(c2cc(F)c(C(=O)O)c(F)c2F)CCCN1. The molecule has 3 nitrogen and oxygen atoms in total. The maximum Gasteiger partial charge on any atom is 0.341 e. The molecule has 0 aromatic heterocycles. The van der Waals surface area contributed by atoms with E-state index < -0.39 is 34.5 Å². The van der Waals surface area contributed by atoms with Gasteiger partial charge in [0, 0.05) is 11.1 Å². The van der Waals surface area contributed by atoms with Crippen molar-refractivity contribution in [2.75, 3.05) is 6.54 Å². The second-order valence-corrected chi connectivity index (χ2v) is 4.58. The van der Waals surface area contributed by atoms with E-state index in [9.17, 15) is 18.0 Å². The van der Waals surface area contributed by atoms with Gasteiger partial charge < -0.3 is 10.4 Å². The fourth-order valence-electron chi connectivity index (χ4n) is 2.32. The second kappa shape index (κ2) is 4.28. The van der Waals surface area contributed by atoms with Gasteiger partial charge in [0.2, 0.25) is 0 Å². The van der Waals surface area contributed by atoms with Gasteiger partial charge in [-0.15, -0.1) is 0 Å². The van der Waals surface area contributed by atoms with Crippen LogP contribution >= 0.6 is 0 Å². The zero-order valence-electron chi connectivity index (χ0n) is 9.69. The zero-order valence-corrected chi connectivity index (χ0v) is 9.69. The molecule has 1 aliphatic rings. The fraction of sp³-hybridized carbons (Fsp3) is 0.417. The summed E-state index contributed by atoms with van der Waals surface area (Å²) in [6, 6.07) is 0.764. The van der Waals surface area contributed by atoms with Crippen LogP contribution in [0.1, 0.15) is 35.7 Å². The molecule has 18 heavy (non-hydrogen) atoms. The predicted octanol–water partition coefficient (Wildman–Crippen LogP) is 2.40. The number of hydrogen-bond acceptors (Lipinski definition) is 2. The summed E-state index contributed by atoms with van der Waals surface area (Å²) in [5.41, 5.74) is -2.28. The minimum atomic E-state index is -1.82. The normalized spacial score (nSPS) is 23.3. The summed E-state index contributed by atoms with van der Waals surface area (Å²) in [5.74, 6) is -6.02. The van der Waals surface area contributed by atoms with E-state index in [1.54, 1.807) is 6.92 Å². The Balaban J connectivity index is 2.61. The van der Waals surface area contributed by atoms with Crippen LogP contribution in [0, 0.1) is 17.5 Å². The lowest BCUT2D eigenvalue weighted by molar-refractivity contribution is 0.0684. The van der Waals surface area contributed by atoms with Crippen LogP contribution in [-0.4, -0.2) is 17.6 Å². The lowest BCUT2D eigenvalue weighted by Gasteiger charge is -2.26. The molecule has 0 aliphatic carbocycles. The molecule has 1 aromatic rings. The first-order valence-electron chi connectivity index (χ1n) is 5.53. The average Bonchev–Trinajstić information content (AvgIpc) is 2.71. The summed E-state index contributed by atoms with van der Waals surface area (Å²) in [7, 11) is 0. The van der Waals surface area contributed by atoms with Crippen LogP contribution < -0.4 is 5.32 Å². The van der Waals surface area contributed by atoms with Gasteiger partial charge in [0.05, 0.1) is 0 Å². The van der Waals surface area contributed by atoms with Gasteiger partial charge in [0.1, 0.15) is 11.4 Å². The number of halogens is 3. The molecule has 2 N–H and O–H groups in total. The number of rotatable bonds is 2. The van der Waals surface area contributed by atoms with Crippen LogP contribution in [0.2, 0.25) is 0 Å². The third-order valence-corrected chi connectivity index (χ3v) is 3.34. The molecule has 0 spiro atoms. The molecule has 1 unspecified atom stereocenters. The molecule has 1 fully saturated rings. The van der Waals surface area contributed by atoms with Crippen molar-refractivity contribution in [3.63, 3.8) is 0 Å².